The van der Waals surface area contributed by atoms with Crippen LogP contribution < -0.4 is 14.8 Å². The van der Waals surface area contributed by atoms with Crippen LogP contribution in [-0.2, 0) is 4.74 Å². The van der Waals surface area contributed by atoms with Gasteiger partial charge in [0.15, 0.2) is 11.5 Å². The molecule has 1 amide bonds. The van der Waals surface area contributed by atoms with Crippen LogP contribution in [-0.4, -0.2) is 62.9 Å². The molecular weight excluding hydrogens is 344 g/mol. The number of benzene rings is 1. The molecule has 6 heteroatoms. The molecule has 1 aromatic rings. The number of carbonyl (C=O) groups is 1. The van der Waals surface area contributed by atoms with E-state index in [1.807, 2.05) is 0 Å². The highest BCUT2D eigenvalue weighted by Crippen LogP contribution is 2.28. The largest absolute Gasteiger partial charge is 0.493 e. The van der Waals surface area contributed by atoms with Gasteiger partial charge in [-0.2, -0.15) is 0 Å². The van der Waals surface area contributed by atoms with Crippen LogP contribution in [0.4, 0.5) is 0 Å². The predicted octanol–water partition coefficient (Wildman–Crippen LogP) is 2.96. The lowest BCUT2D eigenvalue weighted by molar-refractivity contribution is -0.00923. The lowest BCUT2D eigenvalue weighted by Crippen LogP contribution is -2.55. The summed E-state index contributed by atoms with van der Waals surface area (Å²) in [6.45, 7) is 13.1. The van der Waals surface area contributed by atoms with Crippen LogP contribution in [0.2, 0.25) is 0 Å². The van der Waals surface area contributed by atoms with Crippen molar-refractivity contribution >= 4 is 5.91 Å². The first-order valence-electron chi connectivity index (χ1n) is 9.75. The summed E-state index contributed by atoms with van der Waals surface area (Å²) in [5, 5.41) is 3.05. The number of nitrogens with one attached hydrogen (secondary N) is 1. The van der Waals surface area contributed by atoms with Gasteiger partial charge in [-0.1, -0.05) is 13.8 Å². The van der Waals surface area contributed by atoms with E-state index in [-0.39, 0.29) is 11.4 Å². The van der Waals surface area contributed by atoms with E-state index in [4.69, 9.17) is 14.2 Å². The minimum Gasteiger partial charge on any atom is -0.493 e. The van der Waals surface area contributed by atoms with Gasteiger partial charge in [0.05, 0.1) is 26.9 Å². The Labute approximate surface area is 163 Å². The molecule has 152 valence electrons. The molecule has 0 atom stereocenters. The van der Waals surface area contributed by atoms with Gasteiger partial charge in [-0.15, -0.1) is 0 Å². The summed E-state index contributed by atoms with van der Waals surface area (Å²) in [6, 6.07) is 5.33. The molecule has 0 bridgehead atoms. The van der Waals surface area contributed by atoms with E-state index < -0.39 is 0 Å². The molecule has 2 rings (SSSR count). The third kappa shape index (κ3) is 6.40. The number of hydrogen-bond donors (Lipinski definition) is 1. The minimum absolute atomic E-state index is 0.108. The number of ether oxygens (including phenoxy) is 3. The first kappa shape index (κ1) is 21.5. The Hall–Kier alpha value is -1.79. The van der Waals surface area contributed by atoms with Crippen molar-refractivity contribution in [2.24, 2.45) is 5.92 Å². The lowest BCUT2D eigenvalue weighted by Gasteiger charge is -2.40. The number of rotatable bonds is 9. The molecule has 1 fully saturated rings. The summed E-state index contributed by atoms with van der Waals surface area (Å²) < 4.78 is 16.6. The second kappa shape index (κ2) is 9.95. The van der Waals surface area contributed by atoms with Gasteiger partial charge in [0.25, 0.3) is 5.91 Å². The molecule has 1 aromatic carbocycles. The van der Waals surface area contributed by atoms with Crippen molar-refractivity contribution in [1.82, 2.24) is 10.2 Å². The average Bonchev–Trinajstić information content (AvgIpc) is 2.66. The Morgan fingerprint density at radius 2 is 1.96 bits per heavy atom. The summed E-state index contributed by atoms with van der Waals surface area (Å²) >= 11 is 0. The zero-order valence-electron chi connectivity index (χ0n) is 17.3. The van der Waals surface area contributed by atoms with Crippen LogP contribution in [0.15, 0.2) is 18.2 Å². The first-order valence-corrected chi connectivity index (χ1v) is 9.75. The lowest BCUT2D eigenvalue weighted by atomic mass is 10.0. The van der Waals surface area contributed by atoms with Gasteiger partial charge < -0.3 is 19.5 Å². The fraction of sp³-hybridized carbons (Fsp3) is 0.667. The summed E-state index contributed by atoms with van der Waals surface area (Å²) in [4.78, 5) is 15.0. The van der Waals surface area contributed by atoms with Gasteiger partial charge in [0, 0.05) is 30.7 Å². The van der Waals surface area contributed by atoms with Crippen molar-refractivity contribution in [3.05, 3.63) is 23.8 Å². The maximum absolute atomic E-state index is 12.6. The standard InChI is InChI=1S/C21H34N2O4/c1-16(2)8-11-27-18-7-6-17(14-19(18)25-5)20(24)22-15-21(3,4)23-9-12-26-13-10-23/h6-7,14,16H,8-13,15H2,1-5H3,(H,22,24). The number of methoxy groups -OCH3 is 1. The van der Waals surface area contributed by atoms with E-state index in [0.29, 0.717) is 36.1 Å². The number of carbonyl (C=O) groups excluding carboxylic acids is 1. The van der Waals surface area contributed by atoms with Crippen LogP contribution in [0, 0.1) is 5.92 Å². The zero-order chi connectivity index (χ0) is 19.9. The van der Waals surface area contributed by atoms with Crippen LogP contribution in [0.1, 0.15) is 44.5 Å². The van der Waals surface area contributed by atoms with E-state index in [0.717, 1.165) is 32.7 Å². The smallest absolute Gasteiger partial charge is 0.251 e. The van der Waals surface area contributed by atoms with Crippen LogP contribution in [0.5, 0.6) is 11.5 Å². The summed E-state index contributed by atoms with van der Waals surface area (Å²) in [7, 11) is 1.59. The Balaban J connectivity index is 1.95. The molecule has 27 heavy (non-hydrogen) atoms. The molecule has 0 saturated carbocycles. The molecule has 1 aliphatic heterocycles. The third-order valence-corrected chi connectivity index (χ3v) is 4.93. The Morgan fingerprint density at radius 3 is 2.59 bits per heavy atom. The number of hydrogen-bond acceptors (Lipinski definition) is 5. The maximum atomic E-state index is 12.6. The van der Waals surface area contributed by atoms with Crippen molar-refractivity contribution in [2.45, 2.75) is 39.7 Å². The predicted molar refractivity (Wildman–Crippen MR) is 107 cm³/mol. The highest BCUT2D eigenvalue weighted by Gasteiger charge is 2.28. The Morgan fingerprint density at radius 1 is 1.26 bits per heavy atom. The fourth-order valence-corrected chi connectivity index (χ4v) is 3.01. The number of amides is 1. The van der Waals surface area contributed by atoms with Crippen molar-refractivity contribution in [2.75, 3.05) is 46.6 Å². The summed E-state index contributed by atoms with van der Waals surface area (Å²) in [5.41, 5.74) is 0.449. The molecule has 6 nitrogen and oxygen atoms in total. The normalized spacial score (nSPS) is 15.6. The Kier molecular flexibility index (Phi) is 7.92. The van der Waals surface area contributed by atoms with Crippen LogP contribution in [0.3, 0.4) is 0 Å². The third-order valence-electron chi connectivity index (χ3n) is 4.93. The van der Waals surface area contributed by atoms with Gasteiger partial charge in [-0.3, -0.25) is 9.69 Å². The zero-order valence-corrected chi connectivity index (χ0v) is 17.3. The second-order valence-corrected chi connectivity index (χ2v) is 7.99. The van der Waals surface area contributed by atoms with Crippen molar-refractivity contribution in [3.63, 3.8) is 0 Å². The van der Waals surface area contributed by atoms with Crippen LogP contribution >= 0.6 is 0 Å². The highest BCUT2D eigenvalue weighted by molar-refractivity contribution is 5.94. The summed E-state index contributed by atoms with van der Waals surface area (Å²) in [6.07, 6.45) is 0.974. The second-order valence-electron chi connectivity index (χ2n) is 7.99. The van der Waals surface area contributed by atoms with Gasteiger partial charge in [0.1, 0.15) is 0 Å². The molecule has 0 aliphatic carbocycles. The van der Waals surface area contributed by atoms with E-state index >= 15 is 0 Å². The molecule has 1 heterocycles. The molecule has 0 spiro atoms. The molecule has 1 saturated heterocycles. The van der Waals surface area contributed by atoms with Gasteiger partial charge in [-0.05, 0) is 44.4 Å². The van der Waals surface area contributed by atoms with Crippen LogP contribution in [0.25, 0.3) is 0 Å². The van der Waals surface area contributed by atoms with Gasteiger partial charge in [-0.25, -0.2) is 0 Å². The average molecular weight is 379 g/mol. The molecule has 1 aliphatic rings. The van der Waals surface area contributed by atoms with E-state index in [1.165, 1.54) is 0 Å². The highest BCUT2D eigenvalue weighted by atomic mass is 16.5. The summed E-state index contributed by atoms with van der Waals surface area (Å²) in [5.74, 6) is 1.72. The van der Waals surface area contributed by atoms with E-state index in [2.05, 4.69) is 37.9 Å². The van der Waals surface area contributed by atoms with Gasteiger partial charge >= 0.3 is 0 Å². The van der Waals surface area contributed by atoms with Crippen molar-refractivity contribution in [1.29, 1.82) is 0 Å². The minimum atomic E-state index is -0.122. The van der Waals surface area contributed by atoms with Crippen molar-refractivity contribution in [3.8, 4) is 11.5 Å². The SMILES string of the molecule is COc1cc(C(=O)NCC(C)(C)N2CCOCC2)ccc1OCCC(C)C. The topological polar surface area (TPSA) is 60.0 Å². The van der Waals surface area contributed by atoms with Crippen molar-refractivity contribution < 1.29 is 19.0 Å². The molecule has 1 N–H and O–H groups in total. The van der Waals surface area contributed by atoms with E-state index in [1.54, 1.807) is 25.3 Å². The molecular formula is C21H34N2O4. The van der Waals surface area contributed by atoms with E-state index in [9.17, 15) is 4.79 Å². The number of morpholine rings is 1. The quantitative estimate of drug-likeness (QED) is 0.716. The Bertz CT molecular complexity index is 610. The maximum Gasteiger partial charge on any atom is 0.251 e. The number of nitrogens with zero attached hydrogens (tertiary/aromatic N) is 1. The van der Waals surface area contributed by atoms with Gasteiger partial charge in [0.2, 0.25) is 0 Å². The molecule has 0 radical (unpaired) electrons. The molecule has 0 aromatic heterocycles. The monoisotopic (exact) mass is 378 g/mol. The molecule has 0 unspecified atom stereocenters. The first-order chi connectivity index (χ1) is 12.8. The fourth-order valence-electron chi connectivity index (χ4n) is 3.01.